The molecule has 164 valence electrons. The molecule has 31 heavy (non-hydrogen) atoms. The molecule has 1 fully saturated rings. The lowest BCUT2D eigenvalue weighted by Gasteiger charge is -2.52. The van der Waals surface area contributed by atoms with Crippen LogP contribution in [0.4, 0.5) is 0 Å². The number of hydrogen-bond donors (Lipinski definition) is 0. The fourth-order valence-electron chi connectivity index (χ4n) is 5.55. The highest BCUT2D eigenvalue weighted by Crippen LogP contribution is 2.55. The van der Waals surface area contributed by atoms with Crippen LogP contribution in [0.15, 0.2) is 47.6 Å². The summed E-state index contributed by atoms with van der Waals surface area (Å²) in [5.74, 6) is 2.38. The molecule has 0 unspecified atom stereocenters. The Bertz CT molecular complexity index is 1020. The smallest absolute Gasteiger partial charge is 0.198 e. The monoisotopic (exact) mass is 438 g/mol. The van der Waals surface area contributed by atoms with Gasteiger partial charge in [0.25, 0.3) is 0 Å². The predicted molar refractivity (Wildman–Crippen MR) is 125 cm³/mol. The lowest BCUT2D eigenvalue weighted by molar-refractivity contribution is -0.152. The van der Waals surface area contributed by atoms with Crippen molar-refractivity contribution in [1.82, 2.24) is 5.01 Å². The number of benzene rings is 2. The van der Waals surface area contributed by atoms with Crippen LogP contribution in [0.1, 0.15) is 70.0 Å². The van der Waals surface area contributed by atoms with Gasteiger partial charge in [-0.05, 0) is 36.3 Å². The van der Waals surface area contributed by atoms with Gasteiger partial charge in [0.15, 0.2) is 17.2 Å². The van der Waals surface area contributed by atoms with E-state index >= 15 is 0 Å². The molecular formula is C26H31ClN2O2. The number of ether oxygens (including phenoxy) is 2. The lowest BCUT2D eigenvalue weighted by atomic mass is 9.69. The average Bonchev–Trinajstić information content (AvgIpc) is 3.20. The number of nitrogens with zero attached hydrogens (tertiary/aromatic N) is 2. The zero-order chi connectivity index (χ0) is 21.8. The number of hydrogen-bond acceptors (Lipinski definition) is 4. The third-order valence-electron chi connectivity index (χ3n) is 7.38. The van der Waals surface area contributed by atoms with Gasteiger partial charge < -0.3 is 9.47 Å². The summed E-state index contributed by atoms with van der Waals surface area (Å²) < 4.78 is 12.5. The van der Waals surface area contributed by atoms with E-state index in [2.05, 4.69) is 37.9 Å². The minimum atomic E-state index is -0.433. The number of fused-ring (bicyclic) bond motifs is 4. The number of methoxy groups -OCH3 is 1. The second-order valence-corrected chi connectivity index (χ2v) is 10.6. The van der Waals surface area contributed by atoms with Crippen LogP contribution < -0.4 is 9.47 Å². The highest BCUT2D eigenvalue weighted by atomic mass is 35.5. The summed E-state index contributed by atoms with van der Waals surface area (Å²) in [7, 11) is 1.72. The molecule has 1 spiro atoms. The minimum Gasteiger partial charge on any atom is -0.493 e. The number of halogens is 1. The van der Waals surface area contributed by atoms with Gasteiger partial charge in [-0.2, -0.15) is 5.10 Å². The van der Waals surface area contributed by atoms with Crippen LogP contribution in [-0.4, -0.2) is 23.6 Å². The second kappa shape index (κ2) is 7.44. The SMILES string of the molecule is COc1cccc2c1OC1(CCC(C(C)(C)C)CC1)N1N=C(c3ccccc3Cl)C[C@H]21. The van der Waals surface area contributed by atoms with E-state index in [0.717, 1.165) is 65.5 Å². The van der Waals surface area contributed by atoms with Crippen molar-refractivity contribution in [1.29, 1.82) is 0 Å². The van der Waals surface area contributed by atoms with Crippen LogP contribution in [0.5, 0.6) is 11.5 Å². The first kappa shape index (κ1) is 20.7. The molecule has 0 N–H and O–H groups in total. The molecule has 2 heterocycles. The van der Waals surface area contributed by atoms with E-state index in [1.54, 1.807) is 7.11 Å². The third-order valence-corrected chi connectivity index (χ3v) is 7.71. The molecule has 3 aliphatic rings. The molecule has 1 aliphatic carbocycles. The van der Waals surface area contributed by atoms with Gasteiger partial charge in [0.05, 0.1) is 18.9 Å². The molecule has 0 amide bonds. The Labute approximate surface area is 190 Å². The van der Waals surface area contributed by atoms with E-state index in [9.17, 15) is 0 Å². The highest BCUT2D eigenvalue weighted by molar-refractivity contribution is 6.34. The zero-order valence-electron chi connectivity index (χ0n) is 18.8. The fourth-order valence-corrected chi connectivity index (χ4v) is 5.80. The van der Waals surface area contributed by atoms with E-state index in [1.165, 1.54) is 0 Å². The van der Waals surface area contributed by atoms with Gasteiger partial charge >= 0.3 is 0 Å². The molecule has 1 atom stereocenters. The van der Waals surface area contributed by atoms with Crippen molar-refractivity contribution in [2.45, 2.75) is 64.6 Å². The van der Waals surface area contributed by atoms with E-state index in [0.29, 0.717) is 11.3 Å². The molecule has 5 heteroatoms. The Morgan fingerprint density at radius 3 is 2.52 bits per heavy atom. The van der Waals surface area contributed by atoms with Crippen LogP contribution in [0, 0.1) is 11.3 Å². The molecule has 1 saturated carbocycles. The molecule has 0 bridgehead atoms. The van der Waals surface area contributed by atoms with E-state index in [1.807, 2.05) is 30.3 Å². The first-order valence-corrected chi connectivity index (χ1v) is 11.7. The van der Waals surface area contributed by atoms with Crippen LogP contribution >= 0.6 is 11.6 Å². The lowest BCUT2D eigenvalue weighted by Crippen LogP contribution is -2.56. The summed E-state index contributed by atoms with van der Waals surface area (Å²) in [5.41, 5.74) is 3.07. The summed E-state index contributed by atoms with van der Waals surface area (Å²) in [6, 6.07) is 14.3. The summed E-state index contributed by atoms with van der Waals surface area (Å²) in [6.45, 7) is 7.05. The van der Waals surface area contributed by atoms with Crippen LogP contribution in [0.2, 0.25) is 5.02 Å². The Balaban J connectivity index is 1.57. The normalized spacial score (nSPS) is 27.4. The second-order valence-electron chi connectivity index (χ2n) is 10.2. The van der Waals surface area contributed by atoms with Crippen LogP contribution in [0.3, 0.4) is 0 Å². The van der Waals surface area contributed by atoms with Crippen LogP contribution in [-0.2, 0) is 0 Å². The van der Waals surface area contributed by atoms with Crippen LogP contribution in [0.25, 0.3) is 0 Å². The van der Waals surface area contributed by atoms with E-state index in [4.69, 9.17) is 26.2 Å². The fraction of sp³-hybridized carbons (Fsp3) is 0.500. The summed E-state index contributed by atoms with van der Waals surface area (Å²) in [4.78, 5) is 0. The largest absolute Gasteiger partial charge is 0.493 e. The van der Waals surface area contributed by atoms with Gasteiger partial charge in [0, 0.05) is 35.4 Å². The molecule has 0 aromatic heterocycles. The summed E-state index contributed by atoms with van der Waals surface area (Å²) in [5, 5.41) is 8.16. The summed E-state index contributed by atoms with van der Waals surface area (Å²) >= 11 is 6.55. The Morgan fingerprint density at radius 1 is 1.10 bits per heavy atom. The van der Waals surface area contributed by atoms with E-state index < -0.39 is 5.72 Å². The van der Waals surface area contributed by atoms with Gasteiger partial charge in [0.2, 0.25) is 0 Å². The number of para-hydroxylation sites is 1. The average molecular weight is 439 g/mol. The van der Waals surface area contributed by atoms with Crippen molar-refractivity contribution in [3.8, 4) is 11.5 Å². The van der Waals surface area contributed by atoms with E-state index in [-0.39, 0.29) is 6.04 Å². The molecule has 2 aliphatic heterocycles. The first-order chi connectivity index (χ1) is 14.8. The van der Waals surface area contributed by atoms with Gasteiger partial charge in [-0.15, -0.1) is 0 Å². The molecule has 0 saturated heterocycles. The molecule has 4 nitrogen and oxygen atoms in total. The predicted octanol–water partition coefficient (Wildman–Crippen LogP) is 6.82. The maximum atomic E-state index is 6.83. The third kappa shape index (κ3) is 3.40. The molecular weight excluding hydrogens is 408 g/mol. The highest BCUT2D eigenvalue weighted by Gasteiger charge is 2.53. The van der Waals surface area contributed by atoms with Crippen molar-refractivity contribution in [2.24, 2.45) is 16.4 Å². The minimum absolute atomic E-state index is 0.135. The molecule has 2 aromatic carbocycles. The van der Waals surface area contributed by atoms with Gasteiger partial charge in [-0.25, -0.2) is 5.01 Å². The molecule has 0 radical (unpaired) electrons. The topological polar surface area (TPSA) is 34.1 Å². The Kier molecular flexibility index (Phi) is 4.97. The van der Waals surface area contributed by atoms with Gasteiger partial charge in [-0.1, -0.05) is 62.7 Å². The summed E-state index contributed by atoms with van der Waals surface area (Å²) in [6.07, 6.45) is 5.00. The van der Waals surface area contributed by atoms with Crippen molar-refractivity contribution < 1.29 is 9.47 Å². The Morgan fingerprint density at radius 2 is 1.84 bits per heavy atom. The maximum absolute atomic E-state index is 6.83. The number of rotatable bonds is 2. The van der Waals surface area contributed by atoms with Gasteiger partial charge in [-0.3, -0.25) is 0 Å². The molecule has 5 rings (SSSR count). The van der Waals surface area contributed by atoms with Crippen molar-refractivity contribution in [2.75, 3.05) is 7.11 Å². The Hall–Kier alpha value is -2.20. The van der Waals surface area contributed by atoms with Gasteiger partial charge in [0.1, 0.15) is 0 Å². The van der Waals surface area contributed by atoms with Crippen molar-refractivity contribution in [3.63, 3.8) is 0 Å². The van der Waals surface area contributed by atoms with Crippen molar-refractivity contribution in [3.05, 3.63) is 58.6 Å². The molecule has 2 aromatic rings. The zero-order valence-corrected chi connectivity index (χ0v) is 19.6. The standard InChI is InChI=1S/C26H31ClN2O2/c1-25(2,3)17-12-14-26(15-13-17)29-22(19-9-7-11-23(30-4)24(19)31-26)16-21(28-29)18-8-5-6-10-20(18)27/h5-11,17,22H,12-16H2,1-4H3/t17?,22-,26?/m1/s1. The maximum Gasteiger partial charge on any atom is 0.198 e. The quantitative estimate of drug-likeness (QED) is 0.515. The number of hydrazone groups is 1. The van der Waals surface area contributed by atoms with Crippen molar-refractivity contribution >= 4 is 17.3 Å². The first-order valence-electron chi connectivity index (χ1n) is 11.3.